The summed E-state index contributed by atoms with van der Waals surface area (Å²) in [6, 6.07) is 8.00. The van der Waals surface area contributed by atoms with Crippen molar-refractivity contribution in [2.45, 2.75) is 47.3 Å². The van der Waals surface area contributed by atoms with Crippen molar-refractivity contribution >= 4 is 33.0 Å². The first-order chi connectivity index (χ1) is 19.1. The van der Waals surface area contributed by atoms with E-state index in [1.807, 2.05) is 0 Å². The van der Waals surface area contributed by atoms with Gasteiger partial charge in [0, 0.05) is 23.5 Å². The van der Waals surface area contributed by atoms with Gasteiger partial charge in [-0.25, -0.2) is 17.2 Å². The van der Waals surface area contributed by atoms with E-state index in [0.29, 0.717) is 12.6 Å². The third kappa shape index (κ3) is 5.20. The Labute approximate surface area is 235 Å². The maximum Gasteiger partial charge on any atom is 0.417 e. The lowest BCUT2D eigenvalue weighted by molar-refractivity contribution is -0.234. The number of aliphatic hydroxyl groups excluding tert-OH is 1. The molecule has 1 heterocycles. The topological polar surface area (TPSA) is 117 Å². The zero-order valence-electron chi connectivity index (χ0n) is 20.9. The van der Waals surface area contributed by atoms with Crippen LogP contribution in [-0.2, 0) is 16.0 Å². The van der Waals surface area contributed by atoms with Gasteiger partial charge in [0.05, 0.1) is 26.4 Å². The van der Waals surface area contributed by atoms with Gasteiger partial charge in [0.1, 0.15) is 11.7 Å². The van der Waals surface area contributed by atoms with Crippen molar-refractivity contribution in [3.8, 4) is 0 Å². The first-order valence-electron chi connectivity index (χ1n) is 12.4. The van der Waals surface area contributed by atoms with Gasteiger partial charge in [0.25, 0.3) is 5.91 Å². The maximum atomic E-state index is 13.6. The normalized spacial score (nSPS) is 24.8. The molecule has 2 aromatic carbocycles. The van der Waals surface area contributed by atoms with Crippen molar-refractivity contribution in [2.24, 2.45) is 11.8 Å². The number of sulfone groups is 1. The van der Waals surface area contributed by atoms with Crippen LogP contribution in [0.2, 0.25) is 5.02 Å². The molecule has 3 fully saturated rings. The number of aromatic nitrogens is 1. The van der Waals surface area contributed by atoms with Crippen LogP contribution in [0.1, 0.15) is 47.0 Å². The highest BCUT2D eigenvalue weighted by Gasteiger charge is 2.63. The fourth-order valence-corrected chi connectivity index (χ4v) is 8.09. The highest BCUT2D eigenvalue weighted by atomic mass is 35.5. The second kappa shape index (κ2) is 10.3. The second-order valence-electron chi connectivity index (χ2n) is 10.3. The summed E-state index contributed by atoms with van der Waals surface area (Å²) in [6.45, 7) is 0. The van der Waals surface area contributed by atoms with Crippen LogP contribution in [0.25, 0.3) is 0 Å². The van der Waals surface area contributed by atoms with Gasteiger partial charge < -0.3 is 15.5 Å². The van der Waals surface area contributed by atoms with Crippen LogP contribution in [0.5, 0.6) is 0 Å². The summed E-state index contributed by atoms with van der Waals surface area (Å²) in [7, 11) is -4.15. The lowest BCUT2D eigenvalue weighted by atomic mass is 9.51. The zero-order chi connectivity index (χ0) is 29.9. The molecule has 3 aromatic rings. The largest absolute Gasteiger partial charge is 0.417 e. The number of alkyl halides is 3. The Bertz CT molecular complexity index is 1610. The van der Waals surface area contributed by atoms with Crippen LogP contribution in [0, 0.1) is 23.5 Å². The molecule has 0 aliphatic heterocycles. The van der Waals surface area contributed by atoms with Gasteiger partial charge in [-0.3, -0.25) is 9.78 Å². The summed E-state index contributed by atoms with van der Waals surface area (Å²) in [5.74, 6) is -4.48. The van der Waals surface area contributed by atoms with Gasteiger partial charge in [-0.05, 0) is 73.6 Å². The van der Waals surface area contributed by atoms with E-state index in [-0.39, 0.29) is 39.7 Å². The Balaban J connectivity index is 1.33. The number of benzene rings is 2. The summed E-state index contributed by atoms with van der Waals surface area (Å²) >= 11 is 6.20. The van der Waals surface area contributed by atoms with Crippen molar-refractivity contribution < 1.29 is 45.4 Å². The fourth-order valence-electron chi connectivity index (χ4n) is 5.69. The number of aliphatic hydroxyl groups is 2. The van der Waals surface area contributed by atoms with E-state index < -0.39 is 67.9 Å². The minimum absolute atomic E-state index is 0.0546. The Morgan fingerprint density at radius 3 is 2.29 bits per heavy atom. The van der Waals surface area contributed by atoms with E-state index in [2.05, 4.69) is 10.3 Å². The second-order valence-corrected chi connectivity index (χ2v) is 12.9. The molecule has 0 spiro atoms. The van der Waals surface area contributed by atoms with Gasteiger partial charge in [-0.15, -0.1) is 0 Å². The molecule has 14 heteroatoms. The molecule has 0 saturated heterocycles. The maximum absolute atomic E-state index is 13.6. The number of carbonyl (C=O) groups excluding carboxylic acids is 1. The van der Waals surface area contributed by atoms with E-state index in [1.54, 1.807) is 0 Å². The van der Waals surface area contributed by atoms with Crippen LogP contribution in [0.4, 0.5) is 27.6 Å². The number of nitrogens with one attached hydrogen (secondary N) is 1. The smallest absolute Gasteiger partial charge is 0.386 e. The number of carbonyl (C=O) groups is 1. The highest BCUT2D eigenvalue weighted by molar-refractivity contribution is 7.92. The third-order valence-electron chi connectivity index (χ3n) is 7.92. The molecule has 218 valence electrons. The molecule has 2 bridgehead atoms. The van der Waals surface area contributed by atoms with Crippen LogP contribution in [0.3, 0.4) is 0 Å². The van der Waals surface area contributed by atoms with Crippen molar-refractivity contribution in [1.29, 1.82) is 0 Å². The molecule has 41 heavy (non-hydrogen) atoms. The number of halogens is 6. The number of pyridine rings is 1. The molecule has 0 radical (unpaired) electrons. The zero-order valence-corrected chi connectivity index (χ0v) is 22.4. The van der Waals surface area contributed by atoms with Crippen molar-refractivity contribution in [2.75, 3.05) is 5.32 Å². The van der Waals surface area contributed by atoms with Gasteiger partial charge in [0.2, 0.25) is 0 Å². The molecule has 3 N–H and O–H groups in total. The third-order valence-corrected chi connectivity index (χ3v) is 10.6. The first-order valence-corrected chi connectivity index (χ1v) is 14.3. The summed E-state index contributed by atoms with van der Waals surface area (Å²) in [5.41, 5.74) is -3.13. The number of rotatable bonds is 6. The minimum Gasteiger partial charge on any atom is -0.386 e. The van der Waals surface area contributed by atoms with Crippen molar-refractivity contribution in [1.82, 2.24) is 4.98 Å². The van der Waals surface area contributed by atoms with Crippen LogP contribution in [0.15, 0.2) is 59.6 Å². The monoisotopic (exact) mass is 616 g/mol. The van der Waals surface area contributed by atoms with Gasteiger partial charge in [-0.1, -0.05) is 11.6 Å². The summed E-state index contributed by atoms with van der Waals surface area (Å²) in [6.07, 6.45) is -5.46. The summed E-state index contributed by atoms with van der Waals surface area (Å²) in [5, 5.41) is 23.3. The lowest BCUT2D eigenvalue weighted by Gasteiger charge is -2.59. The molecule has 1 amide bonds. The highest BCUT2D eigenvalue weighted by Crippen LogP contribution is 2.60. The summed E-state index contributed by atoms with van der Waals surface area (Å²) in [4.78, 5) is 16.0. The summed E-state index contributed by atoms with van der Waals surface area (Å²) < 4.78 is 92.5. The molecule has 3 saturated carbocycles. The molecule has 3 atom stereocenters. The molecule has 6 rings (SSSR count). The lowest BCUT2D eigenvalue weighted by Crippen LogP contribution is -2.64. The Kier molecular flexibility index (Phi) is 7.38. The minimum atomic E-state index is -4.62. The number of fused-ring (bicyclic) bond motifs is 2. The van der Waals surface area contributed by atoms with E-state index in [0.717, 1.165) is 36.4 Å². The predicted octanol–water partition coefficient (Wildman–Crippen LogP) is 5.32. The molecule has 7 nitrogen and oxygen atoms in total. The molecule has 3 unspecified atom stereocenters. The van der Waals surface area contributed by atoms with Crippen LogP contribution >= 0.6 is 11.6 Å². The van der Waals surface area contributed by atoms with Crippen LogP contribution < -0.4 is 5.32 Å². The first kappa shape index (κ1) is 29.4. The number of anilines is 1. The van der Waals surface area contributed by atoms with Crippen LogP contribution in [-0.4, -0.2) is 40.4 Å². The average Bonchev–Trinajstić information content (AvgIpc) is 2.93. The Morgan fingerprint density at radius 1 is 1.02 bits per heavy atom. The molecule has 3 aliphatic carbocycles. The SMILES string of the molecule is O=C(Nc1ccc(F)c(F)c1)c1ccc(Cl)c(S(=O)(=O)C2CC3CC(C2)C3(O)C(O)c2ccc(C(F)(F)F)cn2)c1. The van der Waals surface area contributed by atoms with Crippen molar-refractivity contribution in [3.63, 3.8) is 0 Å². The number of nitrogens with zero attached hydrogens (tertiary/aromatic N) is 1. The standard InChI is InChI=1S/C27H22ClF5N2O5S/c28-19-4-1-13(25(37)35-17-3-5-20(29)21(30)11-17)7-23(19)41(39,40)18-9-15-8-16(10-18)26(15,38)24(36)22-6-2-14(12-34-22)27(31,32)33/h1-7,11-12,15-16,18,24,36,38H,8-10H2,(H,35,37). The fraction of sp³-hybridized carbons (Fsp3) is 0.333. The van der Waals surface area contributed by atoms with Gasteiger partial charge in [0.15, 0.2) is 21.5 Å². The Hall–Kier alpha value is -3.13. The number of amides is 1. The molecule has 1 aromatic heterocycles. The molecule has 3 aliphatic rings. The molecular formula is C27H22ClF5N2O5S. The Morgan fingerprint density at radius 2 is 1.71 bits per heavy atom. The quantitative estimate of drug-likeness (QED) is 0.323. The van der Waals surface area contributed by atoms with E-state index >= 15 is 0 Å². The predicted molar refractivity (Wildman–Crippen MR) is 137 cm³/mol. The number of hydrogen-bond donors (Lipinski definition) is 3. The molecular weight excluding hydrogens is 595 g/mol. The number of hydrogen-bond acceptors (Lipinski definition) is 6. The average molecular weight is 617 g/mol. The van der Waals surface area contributed by atoms with E-state index in [4.69, 9.17) is 11.6 Å². The van der Waals surface area contributed by atoms with Crippen molar-refractivity contribution in [3.05, 3.63) is 88.2 Å². The van der Waals surface area contributed by atoms with Gasteiger partial charge >= 0.3 is 6.18 Å². The van der Waals surface area contributed by atoms with E-state index in [1.165, 1.54) is 12.1 Å². The van der Waals surface area contributed by atoms with Gasteiger partial charge in [-0.2, -0.15) is 13.2 Å². The van der Waals surface area contributed by atoms with E-state index in [9.17, 15) is 45.4 Å².